The van der Waals surface area contributed by atoms with Gasteiger partial charge in [0, 0.05) is 11.8 Å². The summed E-state index contributed by atoms with van der Waals surface area (Å²) in [5.74, 6) is 4.46. The number of allylic oxidation sites excluding steroid dienone is 1. The molecule has 0 spiro atoms. The summed E-state index contributed by atoms with van der Waals surface area (Å²) in [5, 5.41) is 9.05. The van der Waals surface area contributed by atoms with Crippen LogP contribution in [0.5, 0.6) is 0 Å². The molecular formula is C18H16N2O5S. The second-order valence-electron chi connectivity index (χ2n) is 5.24. The maximum absolute atomic E-state index is 12.2. The summed E-state index contributed by atoms with van der Waals surface area (Å²) in [4.78, 5) is 21.3. The Balaban J connectivity index is 2.55. The summed E-state index contributed by atoms with van der Waals surface area (Å²) in [6.07, 6.45) is 1.32. The van der Waals surface area contributed by atoms with Crippen molar-refractivity contribution in [2.75, 3.05) is 7.11 Å². The Kier molecular flexibility index (Phi) is 5.90. The average molecular weight is 372 g/mol. The van der Waals surface area contributed by atoms with Crippen molar-refractivity contribution in [3.63, 3.8) is 0 Å². The molecule has 0 aliphatic carbocycles. The van der Waals surface area contributed by atoms with Gasteiger partial charge in [-0.25, -0.2) is 18.2 Å². The third-order valence-electron chi connectivity index (χ3n) is 3.28. The zero-order chi connectivity index (χ0) is 19.3. The van der Waals surface area contributed by atoms with Crippen molar-refractivity contribution in [3.05, 3.63) is 65.5 Å². The number of carboxylic acids is 1. The van der Waals surface area contributed by atoms with Gasteiger partial charge in [0.2, 0.25) is 0 Å². The van der Waals surface area contributed by atoms with Crippen LogP contribution < -0.4 is 4.89 Å². The highest BCUT2D eigenvalue weighted by Crippen LogP contribution is 2.18. The minimum Gasteiger partial charge on any atom is -0.477 e. The van der Waals surface area contributed by atoms with Crippen LogP contribution in [-0.2, 0) is 14.9 Å². The van der Waals surface area contributed by atoms with Crippen LogP contribution >= 0.6 is 0 Å². The van der Waals surface area contributed by atoms with E-state index in [-0.39, 0.29) is 16.2 Å². The molecule has 0 radical (unpaired) electrons. The molecule has 1 heterocycles. The van der Waals surface area contributed by atoms with Gasteiger partial charge in [-0.2, -0.15) is 0 Å². The Morgan fingerprint density at radius 3 is 2.54 bits per heavy atom. The van der Waals surface area contributed by atoms with Gasteiger partial charge < -0.3 is 5.11 Å². The molecule has 7 nitrogen and oxygen atoms in total. The summed E-state index contributed by atoms with van der Waals surface area (Å²) in [6, 6.07) is 7.55. The van der Waals surface area contributed by atoms with Gasteiger partial charge in [-0.1, -0.05) is 35.4 Å². The number of rotatable bonds is 5. The number of aromatic nitrogens is 1. The molecule has 0 atom stereocenters. The maximum atomic E-state index is 12.2. The van der Waals surface area contributed by atoms with E-state index in [2.05, 4.69) is 28.2 Å². The van der Waals surface area contributed by atoms with Gasteiger partial charge in [-0.05, 0) is 36.3 Å². The molecule has 2 rings (SSSR count). The van der Waals surface area contributed by atoms with Gasteiger partial charge in [-0.3, -0.25) is 4.84 Å². The van der Waals surface area contributed by atoms with Gasteiger partial charge >= 0.3 is 5.97 Å². The topological polar surface area (TPSA) is 106 Å². The summed E-state index contributed by atoms with van der Waals surface area (Å²) in [7, 11) is -2.68. The van der Waals surface area contributed by atoms with E-state index in [9.17, 15) is 13.2 Å². The highest BCUT2D eigenvalue weighted by Gasteiger charge is 2.17. The van der Waals surface area contributed by atoms with Crippen LogP contribution in [0.25, 0.3) is 5.57 Å². The predicted octanol–water partition coefficient (Wildman–Crippen LogP) is 2.05. The average Bonchev–Trinajstić information content (AvgIpc) is 2.59. The molecule has 0 bridgehead atoms. The van der Waals surface area contributed by atoms with Crippen molar-refractivity contribution in [3.8, 4) is 11.8 Å². The highest BCUT2D eigenvalue weighted by molar-refractivity contribution is 7.89. The quantitative estimate of drug-likeness (QED) is 0.615. The zero-order valence-electron chi connectivity index (χ0n) is 14.1. The second-order valence-corrected chi connectivity index (χ2v) is 6.85. The van der Waals surface area contributed by atoms with E-state index in [0.29, 0.717) is 16.7 Å². The molecule has 1 aromatic heterocycles. The van der Waals surface area contributed by atoms with Crippen molar-refractivity contribution in [2.24, 2.45) is 0 Å². The number of nitrogens with zero attached hydrogens (tertiary/aromatic N) is 1. The highest BCUT2D eigenvalue weighted by atomic mass is 32.2. The van der Waals surface area contributed by atoms with Crippen LogP contribution in [0.15, 0.2) is 48.0 Å². The second kappa shape index (κ2) is 7.93. The van der Waals surface area contributed by atoms with Crippen molar-refractivity contribution < 1.29 is 23.2 Å². The van der Waals surface area contributed by atoms with E-state index in [1.165, 1.54) is 25.4 Å². The SMILES string of the molecule is C=C(C)c1cc(C(=O)O)ncc1C#Cc1ccccc1S(=O)(=O)NOC. The van der Waals surface area contributed by atoms with E-state index in [1.54, 1.807) is 25.1 Å². The molecule has 134 valence electrons. The molecule has 26 heavy (non-hydrogen) atoms. The van der Waals surface area contributed by atoms with Gasteiger partial charge in [0.1, 0.15) is 5.69 Å². The normalized spacial score (nSPS) is 10.7. The number of aromatic carboxylic acids is 1. The molecule has 2 N–H and O–H groups in total. The monoisotopic (exact) mass is 372 g/mol. The molecule has 0 aliphatic heterocycles. The summed E-state index contributed by atoms with van der Waals surface area (Å²) in [6.45, 7) is 5.53. The Hall–Kier alpha value is -2.99. The van der Waals surface area contributed by atoms with E-state index in [1.807, 2.05) is 4.89 Å². The van der Waals surface area contributed by atoms with Gasteiger partial charge in [0.05, 0.1) is 17.6 Å². The third-order valence-corrected chi connectivity index (χ3v) is 4.61. The molecule has 1 aromatic carbocycles. The van der Waals surface area contributed by atoms with Crippen molar-refractivity contribution in [1.82, 2.24) is 9.87 Å². The molecule has 0 saturated carbocycles. The standard InChI is InChI=1S/C18H16N2O5S/c1-12(2)15-10-16(18(21)22)19-11-14(15)9-8-13-6-4-5-7-17(13)26(23,24)20-25-3/h4-7,10-11,20H,1H2,2-3H3,(H,21,22). The Morgan fingerprint density at radius 1 is 1.27 bits per heavy atom. The van der Waals surface area contributed by atoms with Crippen LogP contribution in [-0.4, -0.2) is 31.6 Å². The predicted molar refractivity (Wildman–Crippen MR) is 95.7 cm³/mol. The lowest BCUT2D eigenvalue weighted by atomic mass is 10.0. The summed E-state index contributed by atoms with van der Waals surface area (Å²) < 4.78 is 24.3. The zero-order valence-corrected chi connectivity index (χ0v) is 14.9. The molecular weight excluding hydrogens is 356 g/mol. The first-order valence-corrected chi connectivity index (χ1v) is 8.79. The molecule has 8 heteroatoms. The number of carbonyl (C=O) groups is 1. The van der Waals surface area contributed by atoms with Crippen LogP contribution in [0.2, 0.25) is 0 Å². The van der Waals surface area contributed by atoms with Crippen molar-refractivity contribution in [1.29, 1.82) is 0 Å². The van der Waals surface area contributed by atoms with Crippen LogP contribution in [0.4, 0.5) is 0 Å². The fourth-order valence-corrected chi connectivity index (χ4v) is 3.09. The Morgan fingerprint density at radius 2 is 1.92 bits per heavy atom. The Labute approximate surface area is 151 Å². The molecule has 0 fully saturated rings. The number of hydrogen-bond acceptors (Lipinski definition) is 5. The lowest BCUT2D eigenvalue weighted by molar-refractivity contribution is 0.0690. The number of nitrogens with one attached hydrogen (secondary N) is 1. The maximum Gasteiger partial charge on any atom is 0.354 e. The third kappa shape index (κ3) is 4.34. The van der Waals surface area contributed by atoms with Crippen molar-refractivity contribution in [2.45, 2.75) is 11.8 Å². The van der Waals surface area contributed by atoms with Crippen LogP contribution in [0.1, 0.15) is 34.1 Å². The number of benzene rings is 1. The first-order chi connectivity index (χ1) is 12.3. The number of sulfonamides is 1. The van der Waals surface area contributed by atoms with E-state index < -0.39 is 16.0 Å². The molecule has 0 saturated heterocycles. The number of pyridine rings is 1. The lowest BCUT2D eigenvalue weighted by Crippen LogP contribution is -2.23. The van der Waals surface area contributed by atoms with Gasteiger partial charge in [-0.15, -0.1) is 0 Å². The minimum atomic E-state index is -3.88. The van der Waals surface area contributed by atoms with Gasteiger partial charge in [0.15, 0.2) is 0 Å². The number of carboxylic acid groups (broad SMARTS) is 1. The number of hydrogen-bond donors (Lipinski definition) is 2. The molecule has 0 amide bonds. The first kappa shape index (κ1) is 19.3. The van der Waals surface area contributed by atoms with E-state index in [0.717, 1.165) is 0 Å². The minimum absolute atomic E-state index is 0.0404. The van der Waals surface area contributed by atoms with Crippen LogP contribution in [0.3, 0.4) is 0 Å². The largest absolute Gasteiger partial charge is 0.477 e. The van der Waals surface area contributed by atoms with E-state index >= 15 is 0 Å². The molecule has 2 aromatic rings. The first-order valence-electron chi connectivity index (χ1n) is 7.31. The smallest absolute Gasteiger partial charge is 0.354 e. The fourth-order valence-electron chi connectivity index (χ4n) is 2.12. The lowest BCUT2D eigenvalue weighted by Gasteiger charge is -2.07. The summed E-state index contributed by atoms with van der Waals surface area (Å²) >= 11 is 0. The van der Waals surface area contributed by atoms with Gasteiger partial charge in [0.25, 0.3) is 10.0 Å². The van der Waals surface area contributed by atoms with E-state index in [4.69, 9.17) is 5.11 Å². The molecule has 0 aliphatic rings. The Bertz CT molecular complexity index is 1030. The fraction of sp³-hybridized carbons (Fsp3) is 0.111. The molecule has 0 unspecified atom stereocenters. The summed E-state index contributed by atoms with van der Waals surface area (Å²) in [5.41, 5.74) is 1.71. The van der Waals surface area contributed by atoms with Crippen LogP contribution in [0, 0.1) is 11.8 Å². The van der Waals surface area contributed by atoms with Crippen molar-refractivity contribution >= 4 is 21.6 Å².